The lowest BCUT2D eigenvalue weighted by Crippen LogP contribution is -2.13. The van der Waals surface area contributed by atoms with E-state index in [9.17, 15) is 8.78 Å². The maximum Gasteiger partial charge on any atom is 0.333 e. The quantitative estimate of drug-likeness (QED) is 0.876. The number of rotatable bonds is 6. The van der Waals surface area contributed by atoms with Crippen molar-refractivity contribution in [1.82, 2.24) is 19.6 Å². The van der Waals surface area contributed by atoms with E-state index >= 15 is 0 Å². The molecule has 2 aromatic rings. The van der Waals surface area contributed by atoms with Gasteiger partial charge in [0.1, 0.15) is 5.82 Å². The SMILES string of the molecule is CC[C@H](C)n1nccc1CNc1ccn(C(F)F)n1. The minimum Gasteiger partial charge on any atom is -0.363 e. The number of halogens is 2. The van der Waals surface area contributed by atoms with Gasteiger partial charge in [0.2, 0.25) is 0 Å². The zero-order chi connectivity index (χ0) is 13.8. The van der Waals surface area contributed by atoms with Gasteiger partial charge < -0.3 is 5.32 Å². The van der Waals surface area contributed by atoms with Crippen LogP contribution in [0.15, 0.2) is 24.5 Å². The van der Waals surface area contributed by atoms with E-state index < -0.39 is 6.55 Å². The van der Waals surface area contributed by atoms with Gasteiger partial charge in [-0.3, -0.25) is 4.68 Å². The van der Waals surface area contributed by atoms with Crippen molar-refractivity contribution in [1.29, 1.82) is 0 Å². The van der Waals surface area contributed by atoms with Gasteiger partial charge in [0, 0.05) is 24.5 Å². The molecule has 0 fully saturated rings. The predicted molar refractivity (Wildman–Crippen MR) is 68.0 cm³/mol. The minimum absolute atomic E-state index is 0.311. The highest BCUT2D eigenvalue weighted by molar-refractivity contribution is 5.32. The van der Waals surface area contributed by atoms with Crippen molar-refractivity contribution in [2.75, 3.05) is 5.32 Å². The normalized spacial score (nSPS) is 12.9. The van der Waals surface area contributed by atoms with Crippen LogP contribution in [0.25, 0.3) is 0 Å². The number of alkyl halides is 2. The molecule has 0 aromatic carbocycles. The summed E-state index contributed by atoms with van der Waals surface area (Å²) in [5.74, 6) is 0.428. The molecule has 0 aliphatic rings. The molecule has 2 heterocycles. The number of nitrogens with zero attached hydrogens (tertiary/aromatic N) is 4. The molecule has 0 unspecified atom stereocenters. The average Bonchev–Trinajstić information content (AvgIpc) is 3.04. The molecule has 0 spiro atoms. The third-order valence-electron chi connectivity index (χ3n) is 3.02. The lowest BCUT2D eigenvalue weighted by molar-refractivity contribution is 0.0569. The van der Waals surface area contributed by atoms with Gasteiger partial charge in [-0.25, -0.2) is 4.68 Å². The van der Waals surface area contributed by atoms with E-state index in [4.69, 9.17) is 0 Å². The van der Waals surface area contributed by atoms with Crippen LogP contribution in [-0.4, -0.2) is 19.6 Å². The van der Waals surface area contributed by atoms with Crippen molar-refractivity contribution < 1.29 is 8.78 Å². The number of nitrogens with one attached hydrogen (secondary N) is 1. The summed E-state index contributed by atoms with van der Waals surface area (Å²) in [6, 6.07) is 3.74. The van der Waals surface area contributed by atoms with Crippen LogP contribution in [0.1, 0.15) is 38.6 Å². The third kappa shape index (κ3) is 3.10. The van der Waals surface area contributed by atoms with Gasteiger partial charge in [0.25, 0.3) is 0 Å². The van der Waals surface area contributed by atoms with Crippen LogP contribution in [0.5, 0.6) is 0 Å². The maximum atomic E-state index is 12.4. The summed E-state index contributed by atoms with van der Waals surface area (Å²) in [4.78, 5) is 0. The summed E-state index contributed by atoms with van der Waals surface area (Å²) in [6.45, 7) is 2.07. The van der Waals surface area contributed by atoms with Gasteiger partial charge in [0.05, 0.1) is 12.2 Å². The fourth-order valence-corrected chi connectivity index (χ4v) is 1.77. The highest BCUT2D eigenvalue weighted by atomic mass is 19.3. The molecule has 0 amide bonds. The fraction of sp³-hybridized carbons (Fsp3) is 0.500. The van der Waals surface area contributed by atoms with Gasteiger partial charge in [-0.15, -0.1) is 0 Å². The summed E-state index contributed by atoms with van der Waals surface area (Å²) < 4.78 is 27.3. The Morgan fingerprint density at radius 1 is 1.37 bits per heavy atom. The maximum absolute atomic E-state index is 12.4. The minimum atomic E-state index is -2.61. The van der Waals surface area contributed by atoms with Crippen LogP contribution in [-0.2, 0) is 6.54 Å². The molecule has 2 aromatic heterocycles. The lowest BCUT2D eigenvalue weighted by Gasteiger charge is -2.13. The summed E-state index contributed by atoms with van der Waals surface area (Å²) >= 11 is 0. The number of hydrogen-bond donors (Lipinski definition) is 1. The smallest absolute Gasteiger partial charge is 0.333 e. The van der Waals surface area contributed by atoms with Crippen molar-refractivity contribution >= 4 is 5.82 Å². The Morgan fingerprint density at radius 3 is 2.79 bits per heavy atom. The number of aromatic nitrogens is 4. The summed E-state index contributed by atoms with van der Waals surface area (Å²) in [7, 11) is 0. The first-order valence-electron chi connectivity index (χ1n) is 6.21. The molecule has 2 rings (SSSR count). The van der Waals surface area contributed by atoms with Crippen molar-refractivity contribution in [2.45, 2.75) is 39.4 Å². The van der Waals surface area contributed by atoms with Gasteiger partial charge in [-0.05, 0) is 19.4 Å². The largest absolute Gasteiger partial charge is 0.363 e. The zero-order valence-electron chi connectivity index (χ0n) is 10.9. The van der Waals surface area contributed by atoms with E-state index in [2.05, 4.69) is 29.4 Å². The van der Waals surface area contributed by atoms with E-state index in [1.807, 2.05) is 10.7 Å². The number of anilines is 1. The van der Waals surface area contributed by atoms with E-state index in [-0.39, 0.29) is 0 Å². The van der Waals surface area contributed by atoms with E-state index in [1.165, 1.54) is 12.3 Å². The standard InChI is InChI=1S/C12H17F2N5/c1-3-9(2)19-10(4-6-16-19)8-15-11-5-7-18(17-11)12(13)14/h4-7,9,12H,3,8H2,1-2H3,(H,15,17)/t9-/m0/s1. The third-order valence-corrected chi connectivity index (χ3v) is 3.02. The fourth-order valence-electron chi connectivity index (χ4n) is 1.77. The molecule has 0 aliphatic heterocycles. The Balaban J connectivity index is 2.00. The van der Waals surface area contributed by atoms with E-state index in [1.54, 1.807) is 6.20 Å². The Labute approximate surface area is 110 Å². The Morgan fingerprint density at radius 2 is 2.16 bits per heavy atom. The van der Waals surface area contributed by atoms with Crippen LogP contribution < -0.4 is 5.32 Å². The van der Waals surface area contributed by atoms with E-state index in [0.29, 0.717) is 23.1 Å². The highest BCUT2D eigenvalue weighted by Crippen LogP contribution is 2.15. The van der Waals surface area contributed by atoms with Gasteiger partial charge in [-0.1, -0.05) is 6.92 Å². The van der Waals surface area contributed by atoms with Crippen molar-refractivity contribution in [3.63, 3.8) is 0 Å². The van der Waals surface area contributed by atoms with Crippen molar-refractivity contribution in [2.24, 2.45) is 0 Å². The average molecular weight is 269 g/mol. The summed E-state index contributed by atoms with van der Waals surface area (Å²) in [5.41, 5.74) is 1.00. The summed E-state index contributed by atoms with van der Waals surface area (Å²) in [5, 5.41) is 11.0. The van der Waals surface area contributed by atoms with Crippen molar-refractivity contribution in [3.8, 4) is 0 Å². The molecule has 0 bridgehead atoms. The predicted octanol–water partition coefficient (Wildman–Crippen LogP) is 3.06. The first kappa shape index (κ1) is 13.5. The Bertz CT molecular complexity index is 520. The molecule has 1 atom stereocenters. The molecule has 5 nitrogen and oxygen atoms in total. The Hall–Kier alpha value is -1.92. The van der Waals surface area contributed by atoms with Crippen LogP contribution >= 0.6 is 0 Å². The molecule has 1 N–H and O–H groups in total. The Kier molecular flexibility index (Phi) is 4.13. The molecule has 0 aliphatic carbocycles. The van der Waals surface area contributed by atoms with Crippen LogP contribution in [0.2, 0.25) is 0 Å². The second-order valence-corrected chi connectivity index (χ2v) is 4.34. The molecule has 0 saturated carbocycles. The van der Waals surface area contributed by atoms with Gasteiger partial charge in [0.15, 0.2) is 0 Å². The molecule has 7 heteroatoms. The molecular weight excluding hydrogens is 252 g/mol. The molecule has 0 saturated heterocycles. The van der Waals surface area contributed by atoms with Crippen LogP contribution in [0, 0.1) is 0 Å². The molecule has 19 heavy (non-hydrogen) atoms. The number of hydrogen-bond acceptors (Lipinski definition) is 3. The second kappa shape index (κ2) is 5.81. The van der Waals surface area contributed by atoms with Crippen LogP contribution in [0.3, 0.4) is 0 Å². The van der Waals surface area contributed by atoms with Crippen LogP contribution in [0.4, 0.5) is 14.6 Å². The monoisotopic (exact) mass is 269 g/mol. The summed E-state index contributed by atoms with van der Waals surface area (Å²) in [6.07, 6.45) is 3.97. The van der Waals surface area contributed by atoms with Gasteiger partial charge in [-0.2, -0.15) is 19.0 Å². The zero-order valence-corrected chi connectivity index (χ0v) is 10.9. The first-order valence-corrected chi connectivity index (χ1v) is 6.21. The van der Waals surface area contributed by atoms with Crippen molar-refractivity contribution in [3.05, 3.63) is 30.2 Å². The lowest BCUT2D eigenvalue weighted by atomic mass is 10.2. The first-order chi connectivity index (χ1) is 9.11. The molecule has 0 radical (unpaired) electrons. The second-order valence-electron chi connectivity index (χ2n) is 4.34. The van der Waals surface area contributed by atoms with E-state index in [0.717, 1.165) is 12.1 Å². The molecule has 104 valence electrons. The highest BCUT2D eigenvalue weighted by Gasteiger charge is 2.10. The topological polar surface area (TPSA) is 47.7 Å². The molecular formula is C12H17F2N5. The van der Waals surface area contributed by atoms with Gasteiger partial charge >= 0.3 is 6.55 Å².